The van der Waals surface area contributed by atoms with Crippen LogP contribution in [0.5, 0.6) is 17.2 Å². The number of esters is 1. The smallest absolute Gasteiger partial charge is 0.312 e. The molecule has 7 heteroatoms. The van der Waals surface area contributed by atoms with Gasteiger partial charge in [-0.15, -0.1) is 0 Å². The molecule has 3 heterocycles. The van der Waals surface area contributed by atoms with E-state index >= 15 is 0 Å². The normalized spacial score (nSPS) is 15.3. The molecule has 0 spiro atoms. The third kappa shape index (κ3) is 3.13. The highest BCUT2D eigenvalue weighted by Crippen LogP contribution is 2.46. The second-order valence-electron chi connectivity index (χ2n) is 7.58. The highest BCUT2D eigenvalue weighted by atomic mass is 16.5. The number of aryl methyl sites for hydroxylation is 1. The molecule has 2 aromatic carbocycles. The first-order chi connectivity index (χ1) is 15.5. The molecule has 0 amide bonds. The number of furan rings is 1. The van der Waals surface area contributed by atoms with Gasteiger partial charge in [-0.1, -0.05) is 12.1 Å². The number of fused-ring (bicyclic) bond motifs is 3. The SMILES string of the molecule is COc1ccc(-c2coc3c4c(cc(OC)c3c2=O)OC(=O)CC4c2ccc(C)o2)cc1. The van der Waals surface area contributed by atoms with Crippen LogP contribution in [-0.2, 0) is 4.79 Å². The van der Waals surface area contributed by atoms with Crippen LogP contribution in [0.25, 0.3) is 22.1 Å². The van der Waals surface area contributed by atoms with Crippen LogP contribution in [0, 0.1) is 6.92 Å². The van der Waals surface area contributed by atoms with Gasteiger partial charge in [0.15, 0.2) is 0 Å². The van der Waals surface area contributed by atoms with Crippen molar-refractivity contribution in [2.45, 2.75) is 19.3 Å². The summed E-state index contributed by atoms with van der Waals surface area (Å²) in [6.45, 7) is 1.83. The number of hydrogen-bond donors (Lipinski definition) is 0. The molecular weight excluding hydrogens is 412 g/mol. The Morgan fingerprint density at radius 1 is 1.00 bits per heavy atom. The number of carbonyl (C=O) groups is 1. The Labute approximate surface area is 183 Å². The summed E-state index contributed by atoms with van der Waals surface area (Å²) >= 11 is 0. The van der Waals surface area contributed by atoms with E-state index in [-0.39, 0.29) is 23.0 Å². The maximum absolute atomic E-state index is 13.6. The van der Waals surface area contributed by atoms with Crippen molar-refractivity contribution in [3.8, 4) is 28.4 Å². The van der Waals surface area contributed by atoms with Crippen LogP contribution in [0.15, 0.2) is 62.4 Å². The molecule has 5 rings (SSSR count). The molecule has 32 heavy (non-hydrogen) atoms. The molecule has 0 aliphatic carbocycles. The summed E-state index contributed by atoms with van der Waals surface area (Å²) in [5.74, 6) is 1.75. The van der Waals surface area contributed by atoms with Gasteiger partial charge in [0, 0.05) is 11.6 Å². The average Bonchev–Trinajstić information content (AvgIpc) is 3.24. The van der Waals surface area contributed by atoms with Crippen molar-refractivity contribution < 1.29 is 27.8 Å². The summed E-state index contributed by atoms with van der Waals surface area (Å²) in [5, 5.41) is 0.283. The predicted molar refractivity (Wildman–Crippen MR) is 117 cm³/mol. The quantitative estimate of drug-likeness (QED) is 0.337. The minimum absolute atomic E-state index is 0.0747. The van der Waals surface area contributed by atoms with E-state index in [9.17, 15) is 9.59 Å². The Bertz CT molecular complexity index is 1390. The van der Waals surface area contributed by atoms with Crippen molar-refractivity contribution >= 4 is 16.9 Å². The maximum atomic E-state index is 13.6. The van der Waals surface area contributed by atoms with E-state index in [1.807, 2.05) is 19.1 Å². The summed E-state index contributed by atoms with van der Waals surface area (Å²) in [5.41, 5.74) is 1.73. The van der Waals surface area contributed by atoms with Gasteiger partial charge < -0.3 is 23.0 Å². The van der Waals surface area contributed by atoms with Crippen molar-refractivity contribution in [2.75, 3.05) is 14.2 Å². The molecule has 0 saturated heterocycles. The van der Waals surface area contributed by atoms with Crippen LogP contribution in [0.4, 0.5) is 0 Å². The maximum Gasteiger partial charge on any atom is 0.312 e. The molecule has 0 radical (unpaired) electrons. The Balaban J connectivity index is 1.77. The molecule has 2 aromatic heterocycles. The van der Waals surface area contributed by atoms with Gasteiger partial charge in [-0.25, -0.2) is 0 Å². The highest BCUT2D eigenvalue weighted by molar-refractivity contribution is 5.94. The lowest BCUT2D eigenvalue weighted by atomic mass is 9.88. The fourth-order valence-electron chi connectivity index (χ4n) is 4.13. The van der Waals surface area contributed by atoms with Crippen molar-refractivity contribution in [1.29, 1.82) is 0 Å². The molecule has 0 saturated carbocycles. The van der Waals surface area contributed by atoms with E-state index in [0.29, 0.717) is 39.5 Å². The van der Waals surface area contributed by atoms with Crippen LogP contribution in [0.2, 0.25) is 0 Å². The molecule has 162 valence electrons. The molecule has 1 unspecified atom stereocenters. The van der Waals surface area contributed by atoms with Crippen LogP contribution < -0.4 is 19.6 Å². The molecule has 4 aromatic rings. The molecule has 1 atom stereocenters. The number of carbonyl (C=O) groups excluding carboxylic acids is 1. The summed E-state index contributed by atoms with van der Waals surface area (Å²) < 4.78 is 28.0. The Kier molecular flexibility index (Phi) is 4.74. The second-order valence-corrected chi connectivity index (χ2v) is 7.58. The summed E-state index contributed by atoms with van der Waals surface area (Å²) in [4.78, 5) is 25.9. The van der Waals surface area contributed by atoms with Gasteiger partial charge in [0.25, 0.3) is 0 Å². The Morgan fingerprint density at radius 3 is 2.44 bits per heavy atom. The Morgan fingerprint density at radius 2 is 1.78 bits per heavy atom. The first-order valence-electron chi connectivity index (χ1n) is 10.1. The second kappa shape index (κ2) is 7.60. The highest BCUT2D eigenvalue weighted by Gasteiger charge is 2.35. The fraction of sp³-hybridized carbons (Fsp3) is 0.200. The van der Waals surface area contributed by atoms with Crippen LogP contribution in [0.1, 0.15) is 29.4 Å². The number of ether oxygens (including phenoxy) is 3. The monoisotopic (exact) mass is 432 g/mol. The van der Waals surface area contributed by atoms with E-state index in [4.69, 9.17) is 23.0 Å². The summed E-state index contributed by atoms with van der Waals surface area (Å²) in [6.07, 6.45) is 1.50. The molecule has 1 aliphatic rings. The van der Waals surface area contributed by atoms with Gasteiger partial charge in [-0.3, -0.25) is 9.59 Å². The number of methoxy groups -OCH3 is 2. The Hall–Kier alpha value is -4.00. The van der Waals surface area contributed by atoms with Crippen molar-refractivity contribution in [2.24, 2.45) is 0 Å². The molecule has 7 nitrogen and oxygen atoms in total. The minimum atomic E-state index is -0.441. The third-order valence-corrected chi connectivity index (χ3v) is 5.68. The van der Waals surface area contributed by atoms with E-state index < -0.39 is 11.9 Å². The van der Waals surface area contributed by atoms with E-state index in [1.165, 1.54) is 13.4 Å². The lowest BCUT2D eigenvalue weighted by Gasteiger charge is -2.24. The standard InChI is InChI=1S/C25H20O7/c1-13-4-9-18(31-13)16-10-21(26)32-20-11-19(29-3)23-24(27)17(12-30-25(23)22(16)20)14-5-7-15(28-2)8-6-14/h4-9,11-12,16H,10H2,1-3H3. The minimum Gasteiger partial charge on any atom is -0.497 e. The zero-order valence-electron chi connectivity index (χ0n) is 17.8. The largest absolute Gasteiger partial charge is 0.497 e. The van der Waals surface area contributed by atoms with Gasteiger partial charge in [0.2, 0.25) is 5.43 Å². The van der Waals surface area contributed by atoms with E-state index in [0.717, 1.165) is 5.76 Å². The van der Waals surface area contributed by atoms with Crippen molar-refractivity contribution in [3.63, 3.8) is 0 Å². The third-order valence-electron chi connectivity index (χ3n) is 5.68. The van der Waals surface area contributed by atoms with Crippen molar-refractivity contribution in [3.05, 3.63) is 76.0 Å². The predicted octanol–water partition coefficient (Wildman–Crippen LogP) is 4.82. The molecule has 0 N–H and O–H groups in total. The lowest BCUT2D eigenvalue weighted by molar-refractivity contribution is -0.135. The average molecular weight is 432 g/mol. The van der Waals surface area contributed by atoms with Crippen molar-refractivity contribution in [1.82, 2.24) is 0 Å². The number of rotatable bonds is 4. The molecule has 1 aliphatic heterocycles. The zero-order chi connectivity index (χ0) is 22.4. The lowest BCUT2D eigenvalue weighted by Crippen LogP contribution is -2.22. The van der Waals surface area contributed by atoms with Gasteiger partial charge in [0.05, 0.1) is 32.1 Å². The first kappa shape index (κ1) is 19.9. The van der Waals surface area contributed by atoms with E-state index in [2.05, 4.69) is 0 Å². The summed E-state index contributed by atoms with van der Waals surface area (Å²) in [6, 6.07) is 12.3. The molecule has 0 bridgehead atoms. The number of benzene rings is 2. The fourth-order valence-corrected chi connectivity index (χ4v) is 4.13. The zero-order valence-corrected chi connectivity index (χ0v) is 17.8. The van der Waals surface area contributed by atoms with E-state index in [1.54, 1.807) is 37.4 Å². The topological polar surface area (TPSA) is 88.1 Å². The van der Waals surface area contributed by atoms with Crippen LogP contribution in [-0.4, -0.2) is 20.2 Å². The van der Waals surface area contributed by atoms with Crippen LogP contribution in [0.3, 0.4) is 0 Å². The van der Waals surface area contributed by atoms with Crippen LogP contribution >= 0.6 is 0 Å². The number of hydrogen-bond acceptors (Lipinski definition) is 7. The van der Waals surface area contributed by atoms with Gasteiger partial charge in [0.1, 0.15) is 46.0 Å². The van der Waals surface area contributed by atoms with Gasteiger partial charge >= 0.3 is 5.97 Å². The summed E-state index contributed by atoms with van der Waals surface area (Å²) in [7, 11) is 3.04. The van der Waals surface area contributed by atoms with Gasteiger partial charge in [-0.05, 0) is 36.8 Å². The molecular formula is C25H20O7. The first-order valence-corrected chi connectivity index (χ1v) is 10.1. The van der Waals surface area contributed by atoms with Gasteiger partial charge in [-0.2, -0.15) is 0 Å². The molecule has 0 fully saturated rings.